The molecule has 2 unspecified atom stereocenters. The summed E-state index contributed by atoms with van der Waals surface area (Å²) in [4.78, 5) is 49.6. The Morgan fingerprint density at radius 3 is 2.12 bits per heavy atom. The Labute approximate surface area is 243 Å². The summed E-state index contributed by atoms with van der Waals surface area (Å²) >= 11 is 0. The lowest BCUT2D eigenvalue weighted by atomic mass is 9.76. The van der Waals surface area contributed by atoms with E-state index in [1.165, 1.54) is 37.5 Å². The van der Waals surface area contributed by atoms with Crippen LogP contribution in [0.2, 0.25) is 0 Å². The van der Waals surface area contributed by atoms with Crippen molar-refractivity contribution in [2.75, 3.05) is 41.4 Å². The fraction of sp³-hybridized carbons (Fsp3) is 0.778. The summed E-state index contributed by atoms with van der Waals surface area (Å²) in [5, 5.41) is 8.88. The summed E-state index contributed by atoms with van der Waals surface area (Å²) in [6.45, 7) is 10.9. The second kappa shape index (κ2) is 15.0. The SMILES string of the molecule is CCCCOC1=C(OP(=O)(N(C)C)N(C)C)C(=O)OC1C(COC(=O)CCC(=O)O)OC(=O)C(C)(C)CC(C)(C)C. The van der Waals surface area contributed by atoms with E-state index in [0.717, 1.165) is 6.42 Å². The van der Waals surface area contributed by atoms with Gasteiger partial charge in [-0.2, -0.15) is 0 Å². The van der Waals surface area contributed by atoms with Crippen molar-refractivity contribution in [3.63, 3.8) is 0 Å². The molecule has 0 aromatic heterocycles. The van der Waals surface area contributed by atoms with Gasteiger partial charge in [0.1, 0.15) is 6.61 Å². The van der Waals surface area contributed by atoms with E-state index >= 15 is 0 Å². The van der Waals surface area contributed by atoms with Crippen molar-refractivity contribution in [2.45, 2.75) is 85.9 Å². The zero-order valence-electron chi connectivity index (χ0n) is 26.0. The highest BCUT2D eigenvalue weighted by atomic mass is 31.2. The van der Waals surface area contributed by atoms with E-state index in [1.54, 1.807) is 13.8 Å². The first-order valence-corrected chi connectivity index (χ1v) is 15.1. The van der Waals surface area contributed by atoms with Crippen LogP contribution in [0.4, 0.5) is 0 Å². The maximum atomic E-state index is 13.6. The van der Waals surface area contributed by atoms with E-state index in [-0.39, 0.29) is 17.8 Å². The Morgan fingerprint density at radius 2 is 1.63 bits per heavy atom. The number of cyclic esters (lactones) is 1. The standard InChI is InChI=1S/C27H47N2O11P/c1-11-12-15-36-22-21(39-24(33)23(22)40-41(35,28(7)8)29(9)10)18(16-37-20(32)14-13-19(30)31)38-25(34)27(5,6)17-26(2,3)4/h18,21H,11-17H2,1-10H3,(H,30,31). The van der Waals surface area contributed by atoms with Crippen molar-refractivity contribution in [1.82, 2.24) is 9.34 Å². The molecule has 14 heteroatoms. The van der Waals surface area contributed by atoms with Crippen LogP contribution in [0.5, 0.6) is 0 Å². The van der Waals surface area contributed by atoms with Gasteiger partial charge in [-0.05, 0) is 60.3 Å². The smallest absolute Gasteiger partial charge is 0.395 e. The van der Waals surface area contributed by atoms with Crippen molar-refractivity contribution in [2.24, 2.45) is 10.8 Å². The molecule has 0 radical (unpaired) electrons. The molecule has 41 heavy (non-hydrogen) atoms. The zero-order valence-corrected chi connectivity index (χ0v) is 26.9. The molecule has 1 rings (SSSR count). The van der Waals surface area contributed by atoms with Crippen molar-refractivity contribution < 1.29 is 52.3 Å². The van der Waals surface area contributed by atoms with Crippen molar-refractivity contribution in [3.8, 4) is 0 Å². The van der Waals surface area contributed by atoms with Crippen LogP contribution >= 0.6 is 7.67 Å². The average Bonchev–Trinajstić information content (AvgIpc) is 3.13. The fourth-order valence-electron chi connectivity index (χ4n) is 4.23. The number of carboxylic acid groups (broad SMARTS) is 1. The first-order chi connectivity index (χ1) is 18.7. The summed E-state index contributed by atoms with van der Waals surface area (Å²) in [6, 6.07) is 0. The molecule has 0 aromatic carbocycles. The highest BCUT2D eigenvalue weighted by Crippen LogP contribution is 2.54. The molecule has 0 bridgehead atoms. The van der Waals surface area contributed by atoms with E-state index in [9.17, 15) is 23.7 Å². The van der Waals surface area contributed by atoms with Gasteiger partial charge in [0.2, 0.25) is 6.10 Å². The maximum Gasteiger partial charge on any atom is 0.395 e. The van der Waals surface area contributed by atoms with Crippen LogP contribution in [-0.2, 0) is 47.2 Å². The van der Waals surface area contributed by atoms with Crippen molar-refractivity contribution in [3.05, 3.63) is 11.5 Å². The molecule has 2 atom stereocenters. The molecule has 236 valence electrons. The summed E-state index contributed by atoms with van der Waals surface area (Å²) in [7, 11) is 2.36. The molecule has 0 aliphatic carbocycles. The van der Waals surface area contributed by atoms with Gasteiger partial charge in [-0.1, -0.05) is 34.1 Å². The van der Waals surface area contributed by atoms with Gasteiger partial charge in [0.15, 0.2) is 11.9 Å². The van der Waals surface area contributed by atoms with E-state index in [0.29, 0.717) is 12.8 Å². The number of esters is 3. The van der Waals surface area contributed by atoms with E-state index in [4.69, 9.17) is 28.6 Å². The maximum absolute atomic E-state index is 13.6. The first kappa shape index (κ1) is 36.4. The number of carbonyl (C=O) groups is 4. The lowest BCUT2D eigenvalue weighted by molar-refractivity contribution is -0.179. The van der Waals surface area contributed by atoms with Gasteiger partial charge in [0.25, 0.3) is 5.76 Å². The molecule has 0 spiro atoms. The predicted octanol–water partition coefficient (Wildman–Crippen LogP) is 3.97. The third-order valence-electron chi connectivity index (χ3n) is 5.95. The van der Waals surface area contributed by atoms with Gasteiger partial charge in [-0.15, -0.1) is 0 Å². The molecule has 1 N–H and O–H groups in total. The number of carboxylic acids is 1. The van der Waals surface area contributed by atoms with Gasteiger partial charge in [-0.3, -0.25) is 14.4 Å². The summed E-state index contributed by atoms with van der Waals surface area (Å²) in [5.41, 5.74) is -1.19. The lowest BCUT2D eigenvalue weighted by Crippen LogP contribution is -2.42. The van der Waals surface area contributed by atoms with Gasteiger partial charge < -0.3 is 28.6 Å². The minimum Gasteiger partial charge on any atom is -0.490 e. The molecule has 0 amide bonds. The van der Waals surface area contributed by atoms with Gasteiger partial charge in [0.05, 0.1) is 24.9 Å². The quantitative estimate of drug-likeness (QED) is 0.110. The zero-order chi connectivity index (χ0) is 31.8. The number of rotatable bonds is 17. The van der Waals surface area contributed by atoms with Crippen LogP contribution in [0.3, 0.4) is 0 Å². The minimum atomic E-state index is -3.73. The van der Waals surface area contributed by atoms with Gasteiger partial charge >= 0.3 is 31.5 Å². The van der Waals surface area contributed by atoms with Gasteiger partial charge in [-0.25, -0.2) is 18.7 Å². The van der Waals surface area contributed by atoms with Gasteiger partial charge in [0, 0.05) is 0 Å². The molecule has 0 fully saturated rings. The summed E-state index contributed by atoms with van der Waals surface area (Å²) in [6.07, 6.45) is -1.79. The van der Waals surface area contributed by atoms with Crippen LogP contribution in [0.1, 0.15) is 73.6 Å². The first-order valence-electron chi connectivity index (χ1n) is 13.6. The number of hydrogen-bond acceptors (Lipinski definition) is 10. The van der Waals surface area contributed by atoms with Crippen LogP contribution < -0.4 is 0 Å². The number of carbonyl (C=O) groups excluding carboxylic acids is 3. The normalized spacial score (nSPS) is 17.0. The Kier molecular flexibility index (Phi) is 13.3. The second-order valence-electron chi connectivity index (χ2n) is 12.1. The van der Waals surface area contributed by atoms with Crippen LogP contribution in [0.25, 0.3) is 0 Å². The summed E-state index contributed by atoms with van der Waals surface area (Å²) in [5.74, 6) is -4.22. The molecular weight excluding hydrogens is 559 g/mol. The molecule has 0 saturated carbocycles. The molecule has 0 saturated heterocycles. The minimum absolute atomic E-state index is 0.139. The topological polar surface area (TPSA) is 158 Å². The number of unbranched alkanes of at least 4 members (excludes halogenated alkanes) is 1. The van der Waals surface area contributed by atoms with E-state index in [2.05, 4.69) is 0 Å². The predicted molar refractivity (Wildman–Crippen MR) is 149 cm³/mol. The summed E-state index contributed by atoms with van der Waals surface area (Å²) < 4.78 is 44.5. The third-order valence-corrected chi connectivity index (χ3v) is 8.39. The monoisotopic (exact) mass is 606 g/mol. The molecular formula is C27H47N2O11P. The molecule has 1 heterocycles. The fourth-order valence-corrected chi connectivity index (χ4v) is 5.67. The van der Waals surface area contributed by atoms with Crippen molar-refractivity contribution in [1.29, 1.82) is 0 Å². The highest BCUT2D eigenvalue weighted by Gasteiger charge is 2.49. The Hall–Kier alpha value is -2.63. The largest absolute Gasteiger partial charge is 0.490 e. The Morgan fingerprint density at radius 1 is 1.05 bits per heavy atom. The second-order valence-corrected chi connectivity index (χ2v) is 14.9. The Balaban J connectivity index is 3.52. The number of aliphatic carboxylic acids is 1. The Bertz CT molecular complexity index is 1020. The third kappa shape index (κ3) is 10.9. The molecule has 13 nitrogen and oxygen atoms in total. The number of ether oxygens (including phenoxy) is 4. The lowest BCUT2D eigenvalue weighted by Gasteiger charge is -2.33. The highest BCUT2D eigenvalue weighted by molar-refractivity contribution is 7.54. The molecule has 0 aromatic rings. The molecule has 1 aliphatic rings. The van der Waals surface area contributed by atoms with Crippen LogP contribution in [0, 0.1) is 10.8 Å². The molecule has 1 aliphatic heterocycles. The van der Waals surface area contributed by atoms with Crippen molar-refractivity contribution >= 4 is 31.5 Å². The number of nitrogens with zero attached hydrogens (tertiary/aromatic N) is 2. The van der Waals surface area contributed by atoms with Crippen LogP contribution in [0.15, 0.2) is 11.5 Å². The van der Waals surface area contributed by atoms with Crippen LogP contribution in [-0.4, -0.2) is 91.9 Å². The number of hydrogen-bond donors (Lipinski definition) is 1. The van der Waals surface area contributed by atoms with E-state index in [1.807, 2.05) is 27.7 Å². The van der Waals surface area contributed by atoms with E-state index < -0.39 is 74.4 Å². The average molecular weight is 607 g/mol.